The molecule has 1 aromatic heterocycles. The summed E-state index contributed by atoms with van der Waals surface area (Å²) in [5, 5.41) is 12.5. The molecule has 0 saturated heterocycles. The van der Waals surface area contributed by atoms with Crippen molar-refractivity contribution < 1.29 is 14.3 Å². The summed E-state index contributed by atoms with van der Waals surface area (Å²) in [5.74, 6) is 1.01. The molecular formula is C19H16ClNO3. The lowest BCUT2D eigenvalue weighted by Gasteiger charge is -2.09. The van der Waals surface area contributed by atoms with E-state index in [1.54, 1.807) is 30.3 Å². The van der Waals surface area contributed by atoms with E-state index in [0.29, 0.717) is 27.8 Å². The zero-order valence-electron chi connectivity index (χ0n) is 13.0. The van der Waals surface area contributed by atoms with Crippen LogP contribution in [-0.4, -0.2) is 11.0 Å². The van der Waals surface area contributed by atoms with Crippen LogP contribution in [0.3, 0.4) is 0 Å². The van der Waals surface area contributed by atoms with E-state index in [9.17, 15) is 4.79 Å². The Hall–Kier alpha value is -2.56. The lowest BCUT2D eigenvalue weighted by molar-refractivity contribution is 0.102. The normalized spacial score (nSPS) is 10.6. The van der Waals surface area contributed by atoms with Gasteiger partial charge in [-0.3, -0.25) is 4.79 Å². The van der Waals surface area contributed by atoms with Crippen molar-refractivity contribution in [1.82, 2.24) is 0 Å². The van der Waals surface area contributed by atoms with Crippen LogP contribution in [-0.2, 0) is 6.61 Å². The molecule has 0 aliphatic carbocycles. The van der Waals surface area contributed by atoms with E-state index in [4.69, 9.17) is 21.1 Å². The third-order valence-electron chi connectivity index (χ3n) is 3.67. The Kier molecular flexibility index (Phi) is 4.69. The highest BCUT2D eigenvalue weighted by atomic mass is 35.5. The summed E-state index contributed by atoms with van der Waals surface area (Å²) in [6, 6.07) is 15.9. The highest BCUT2D eigenvalue weighted by Gasteiger charge is 2.10. The average Bonchev–Trinajstić information content (AvgIpc) is 3.04. The standard InChI is InChI=1S/C19H16ClNO3/c1-12-10-15(21-19(23)13-2-4-14(20)5-3-13)6-8-17(12)18-9-7-16(11-22)24-18/h2-10,22H,11H2,1H3,(H,21,23). The van der Waals surface area contributed by atoms with Gasteiger partial charge in [0.15, 0.2) is 0 Å². The predicted octanol–water partition coefficient (Wildman–Crippen LogP) is 4.65. The van der Waals surface area contributed by atoms with Crippen LogP contribution in [0.15, 0.2) is 59.0 Å². The molecule has 0 radical (unpaired) electrons. The summed E-state index contributed by atoms with van der Waals surface area (Å²) < 4.78 is 5.55. The molecule has 0 bridgehead atoms. The molecule has 24 heavy (non-hydrogen) atoms. The van der Waals surface area contributed by atoms with Crippen LogP contribution < -0.4 is 5.32 Å². The van der Waals surface area contributed by atoms with Crippen molar-refractivity contribution in [2.45, 2.75) is 13.5 Å². The topological polar surface area (TPSA) is 62.5 Å². The van der Waals surface area contributed by atoms with Gasteiger partial charge in [-0.2, -0.15) is 0 Å². The zero-order valence-corrected chi connectivity index (χ0v) is 13.8. The van der Waals surface area contributed by atoms with Crippen LogP contribution in [0.4, 0.5) is 5.69 Å². The zero-order chi connectivity index (χ0) is 17.1. The molecule has 3 aromatic rings. The van der Waals surface area contributed by atoms with Crippen LogP contribution in [0.2, 0.25) is 5.02 Å². The summed E-state index contributed by atoms with van der Waals surface area (Å²) in [6.45, 7) is 1.81. The summed E-state index contributed by atoms with van der Waals surface area (Å²) in [7, 11) is 0. The lowest BCUT2D eigenvalue weighted by Crippen LogP contribution is -2.11. The third kappa shape index (κ3) is 3.50. The first kappa shape index (κ1) is 16.3. The van der Waals surface area contributed by atoms with E-state index < -0.39 is 0 Å². The second-order valence-corrected chi connectivity index (χ2v) is 5.85. The van der Waals surface area contributed by atoms with Gasteiger partial charge >= 0.3 is 0 Å². The van der Waals surface area contributed by atoms with E-state index in [0.717, 1.165) is 11.1 Å². The van der Waals surface area contributed by atoms with Crippen LogP contribution >= 0.6 is 11.6 Å². The number of carbonyl (C=O) groups excluding carboxylic acids is 1. The van der Waals surface area contributed by atoms with Crippen molar-refractivity contribution in [3.63, 3.8) is 0 Å². The number of anilines is 1. The number of hydrogen-bond acceptors (Lipinski definition) is 3. The number of halogens is 1. The monoisotopic (exact) mass is 341 g/mol. The number of rotatable bonds is 4. The third-order valence-corrected chi connectivity index (χ3v) is 3.93. The maximum atomic E-state index is 12.2. The Morgan fingerprint density at radius 1 is 1.12 bits per heavy atom. The fourth-order valence-corrected chi connectivity index (χ4v) is 2.56. The quantitative estimate of drug-likeness (QED) is 0.725. The Morgan fingerprint density at radius 3 is 2.50 bits per heavy atom. The van der Waals surface area contributed by atoms with Gasteiger partial charge in [-0.05, 0) is 67.1 Å². The van der Waals surface area contributed by atoms with Crippen LogP contribution in [0.1, 0.15) is 21.7 Å². The van der Waals surface area contributed by atoms with Gasteiger partial charge in [0.1, 0.15) is 18.1 Å². The molecule has 4 nitrogen and oxygen atoms in total. The van der Waals surface area contributed by atoms with Gasteiger partial charge in [-0.1, -0.05) is 11.6 Å². The molecule has 1 heterocycles. The van der Waals surface area contributed by atoms with Gasteiger partial charge in [0.2, 0.25) is 0 Å². The van der Waals surface area contributed by atoms with Crippen molar-refractivity contribution >= 4 is 23.2 Å². The summed E-state index contributed by atoms with van der Waals surface area (Å²) in [6.07, 6.45) is 0. The number of hydrogen-bond donors (Lipinski definition) is 2. The van der Waals surface area contributed by atoms with E-state index >= 15 is 0 Å². The fourth-order valence-electron chi connectivity index (χ4n) is 2.43. The summed E-state index contributed by atoms with van der Waals surface area (Å²) in [5.41, 5.74) is 3.12. The number of aryl methyl sites for hydroxylation is 1. The first-order chi connectivity index (χ1) is 11.6. The van der Waals surface area contributed by atoms with Crippen LogP contribution in [0, 0.1) is 6.92 Å². The maximum absolute atomic E-state index is 12.2. The Labute approximate surface area is 144 Å². The summed E-state index contributed by atoms with van der Waals surface area (Å²) >= 11 is 5.83. The second kappa shape index (κ2) is 6.91. The Bertz CT molecular complexity index is 869. The van der Waals surface area contributed by atoms with Gasteiger partial charge in [-0.15, -0.1) is 0 Å². The fraction of sp³-hybridized carbons (Fsp3) is 0.105. The highest BCUT2D eigenvalue weighted by molar-refractivity contribution is 6.30. The number of furan rings is 1. The molecule has 122 valence electrons. The number of aliphatic hydroxyl groups excluding tert-OH is 1. The Morgan fingerprint density at radius 2 is 1.88 bits per heavy atom. The molecule has 0 aliphatic rings. The molecule has 1 amide bonds. The number of aliphatic hydroxyl groups is 1. The lowest BCUT2D eigenvalue weighted by atomic mass is 10.1. The van der Waals surface area contributed by atoms with E-state index in [1.165, 1.54) is 0 Å². The smallest absolute Gasteiger partial charge is 0.255 e. The second-order valence-electron chi connectivity index (χ2n) is 5.41. The van der Waals surface area contributed by atoms with Gasteiger partial charge in [0.05, 0.1) is 0 Å². The molecule has 0 atom stereocenters. The number of benzene rings is 2. The molecule has 0 saturated carbocycles. The van der Waals surface area contributed by atoms with Crippen molar-refractivity contribution in [1.29, 1.82) is 0 Å². The molecule has 2 N–H and O–H groups in total. The molecule has 0 aliphatic heterocycles. The van der Waals surface area contributed by atoms with Crippen LogP contribution in [0.25, 0.3) is 11.3 Å². The molecule has 3 rings (SSSR count). The van der Waals surface area contributed by atoms with Crippen LogP contribution in [0.5, 0.6) is 0 Å². The van der Waals surface area contributed by atoms with Gasteiger partial charge in [0.25, 0.3) is 5.91 Å². The number of carbonyl (C=O) groups is 1. The van der Waals surface area contributed by atoms with Gasteiger partial charge < -0.3 is 14.8 Å². The van der Waals surface area contributed by atoms with E-state index in [-0.39, 0.29) is 12.5 Å². The molecule has 0 fully saturated rings. The molecule has 0 spiro atoms. The molecular weight excluding hydrogens is 326 g/mol. The minimum absolute atomic E-state index is 0.131. The van der Waals surface area contributed by atoms with E-state index in [1.807, 2.05) is 31.2 Å². The SMILES string of the molecule is Cc1cc(NC(=O)c2ccc(Cl)cc2)ccc1-c1ccc(CO)o1. The number of nitrogens with one attached hydrogen (secondary N) is 1. The van der Waals surface area contributed by atoms with Gasteiger partial charge in [0, 0.05) is 21.8 Å². The average molecular weight is 342 g/mol. The molecule has 2 aromatic carbocycles. The largest absolute Gasteiger partial charge is 0.459 e. The number of amides is 1. The van der Waals surface area contributed by atoms with Crippen molar-refractivity contribution in [2.24, 2.45) is 0 Å². The first-order valence-electron chi connectivity index (χ1n) is 7.44. The Balaban J connectivity index is 1.79. The van der Waals surface area contributed by atoms with Gasteiger partial charge in [-0.25, -0.2) is 0 Å². The van der Waals surface area contributed by atoms with Crippen molar-refractivity contribution in [3.05, 3.63) is 76.5 Å². The van der Waals surface area contributed by atoms with Crippen molar-refractivity contribution in [2.75, 3.05) is 5.32 Å². The van der Waals surface area contributed by atoms with E-state index in [2.05, 4.69) is 5.32 Å². The maximum Gasteiger partial charge on any atom is 0.255 e. The first-order valence-corrected chi connectivity index (χ1v) is 7.82. The minimum atomic E-state index is -0.195. The summed E-state index contributed by atoms with van der Waals surface area (Å²) in [4.78, 5) is 12.2. The minimum Gasteiger partial charge on any atom is -0.459 e. The van der Waals surface area contributed by atoms with Crippen molar-refractivity contribution in [3.8, 4) is 11.3 Å². The molecule has 0 unspecified atom stereocenters. The predicted molar refractivity (Wildman–Crippen MR) is 94.2 cm³/mol. The molecule has 5 heteroatoms. The highest BCUT2D eigenvalue weighted by Crippen LogP contribution is 2.28.